The van der Waals surface area contributed by atoms with Gasteiger partial charge in [-0.05, 0) is 13.8 Å². The first-order chi connectivity index (χ1) is 9.99. The summed E-state index contributed by atoms with van der Waals surface area (Å²) in [5, 5.41) is 7.54. The average Bonchev–Trinajstić information content (AvgIpc) is 3.01. The Morgan fingerprint density at radius 1 is 1.57 bits per heavy atom. The summed E-state index contributed by atoms with van der Waals surface area (Å²) in [5.41, 5.74) is 11.5. The van der Waals surface area contributed by atoms with Crippen LogP contribution in [0.5, 0.6) is 5.75 Å². The van der Waals surface area contributed by atoms with Gasteiger partial charge in [-0.2, -0.15) is 4.98 Å². The monoisotopic (exact) mass is 311 g/mol. The van der Waals surface area contributed by atoms with Gasteiger partial charge in [0.15, 0.2) is 11.6 Å². The van der Waals surface area contributed by atoms with Gasteiger partial charge >= 0.3 is 0 Å². The number of nitrogens with zero attached hydrogens (tertiary/aromatic N) is 2. The molecule has 0 aliphatic carbocycles. The van der Waals surface area contributed by atoms with Crippen LogP contribution in [0.15, 0.2) is 10.9 Å². The lowest BCUT2D eigenvalue weighted by molar-refractivity contribution is 0.100. The van der Waals surface area contributed by atoms with Crippen molar-refractivity contribution in [3.63, 3.8) is 0 Å². The van der Waals surface area contributed by atoms with Gasteiger partial charge in [0.1, 0.15) is 15.6 Å². The Kier molecular flexibility index (Phi) is 4.63. The molecule has 0 atom stereocenters. The second-order valence-electron chi connectivity index (χ2n) is 4.56. The number of hydrogen-bond acceptors (Lipinski definition) is 8. The predicted octanol–water partition coefficient (Wildman–Crippen LogP) is 1.25. The molecule has 0 saturated heterocycles. The molecule has 9 heteroatoms. The average molecular weight is 311 g/mol. The van der Waals surface area contributed by atoms with Crippen LogP contribution in [0.3, 0.4) is 0 Å². The van der Waals surface area contributed by atoms with Gasteiger partial charge in [0.2, 0.25) is 6.39 Å². The summed E-state index contributed by atoms with van der Waals surface area (Å²) in [5.74, 6) is 0.475. The Morgan fingerprint density at radius 2 is 2.33 bits per heavy atom. The maximum absolute atomic E-state index is 11.4. The van der Waals surface area contributed by atoms with Crippen LogP contribution in [-0.2, 0) is 6.42 Å². The van der Waals surface area contributed by atoms with Crippen LogP contribution in [0.2, 0.25) is 0 Å². The second kappa shape index (κ2) is 6.44. The van der Waals surface area contributed by atoms with Crippen molar-refractivity contribution >= 4 is 27.9 Å². The minimum atomic E-state index is -0.572. The van der Waals surface area contributed by atoms with E-state index >= 15 is 0 Å². The zero-order chi connectivity index (χ0) is 15.4. The maximum atomic E-state index is 11.4. The van der Waals surface area contributed by atoms with E-state index in [1.54, 1.807) is 0 Å². The number of rotatable bonds is 7. The van der Waals surface area contributed by atoms with E-state index in [0.717, 1.165) is 0 Å². The van der Waals surface area contributed by atoms with E-state index in [4.69, 9.17) is 16.2 Å². The Bertz CT molecular complexity index is 609. The number of hydrogen-bond donors (Lipinski definition) is 3. The van der Waals surface area contributed by atoms with Crippen LogP contribution in [0.25, 0.3) is 0 Å². The first kappa shape index (κ1) is 15.1. The van der Waals surface area contributed by atoms with Crippen LogP contribution < -0.4 is 21.5 Å². The molecule has 0 unspecified atom stereocenters. The van der Waals surface area contributed by atoms with Gasteiger partial charge < -0.3 is 26.0 Å². The lowest BCUT2D eigenvalue weighted by Gasteiger charge is -2.12. The standard InChI is InChI=1S/C12H17N5O3S/c1-6(2)20-9-8(13)10(11(14)18)21-12(9)15-4-3-7-16-5-19-17-7/h5-6,15H,3-4,13H2,1-2H3,(H2,14,18). The summed E-state index contributed by atoms with van der Waals surface area (Å²) < 4.78 is 10.3. The van der Waals surface area contributed by atoms with E-state index in [1.165, 1.54) is 17.7 Å². The Balaban J connectivity index is 2.12. The molecule has 0 bridgehead atoms. The molecule has 2 rings (SSSR count). The zero-order valence-corrected chi connectivity index (χ0v) is 12.6. The van der Waals surface area contributed by atoms with Crippen LogP contribution in [-0.4, -0.2) is 28.7 Å². The molecule has 8 nitrogen and oxygen atoms in total. The Hall–Kier alpha value is -2.29. The van der Waals surface area contributed by atoms with Crippen LogP contribution in [0, 0.1) is 0 Å². The van der Waals surface area contributed by atoms with Crippen LogP contribution in [0.1, 0.15) is 29.3 Å². The summed E-state index contributed by atoms with van der Waals surface area (Å²) in [6, 6.07) is 0. The number of thiophene rings is 1. The molecular weight excluding hydrogens is 294 g/mol. The summed E-state index contributed by atoms with van der Waals surface area (Å²) in [4.78, 5) is 15.6. The van der Waals surface area contributed by atoms with Gasteiger partial charge in [-0.3, -0.25) is 4.79 Å². The van der Waals surface area contributed by atoms with E-state index in [2.05, 4.69) is 20.0 Å². The fourth-order valence-electron chi connectivity index (χ4n) is 1.67. The largest absolute Gasteiger partial charge is 0.486 e. The minimum Gasteiger partial charge on any atom is -0.486 e. The molecule has 0 saturated carbocycles. The Morgan fingerprint density at radius 3 is 2.90 bits per heavy atom. The van der Waals surface area contributed by atoms with Crippen LogP contribution in [0.4, 0.5) is 10.7 Å². The van der Waals surface area contributed by atoms with E-state index in [0.29, 0.717) is 29.5 Å². The van der Waals surface area contributed by atoms with Crippen molar-refractivity contribution in [3.8, 4) is 5.75 Å². The highest BCUT2D eigenvalue weighted by atomic mass is 32.1. The normalized spacial score (nSPS) is 10.8. The summed E-state index contributed by atoms with van der Waals surface area (Å²) in [6.45, 7) is 4.31. The number of nitrogens with two attached hydrogens (primary N) is 2. The summed E-state index contributed by atoms with van der Waals surface area (Å²) in [6.07, 6.45) is 1.78. The third-order valence-electron chi connectivity index (χ3n) is 2.52. The molecular formula is C12H17N5O3S. The topological polar surface area (TPSA) is 129 Å². The predicted molar refractivity (Wildman–Crippen MR) is 79.5 cm³/mol. The second-order valence-corrected chi connectivity index (χ2v) is 5.58. The highest BCUT2D eigenvalue weighted by Crippen LogP contribution is 2.42. The Labute approximate surface area is 125 Å². The summed E-state index contributed by atoms with van der Waals surface area (Å²) in [7, 11) is 0. The summed E-state index contributed by atoms with van der Waals surface area (Å²) >= 11 is 1.17. The molecule has 2 aromatic heterocycles. The first-order valence-corrected chi connectivity index (χ1v) is 7.18. The molecule has 1 amide bonds. The maximum Gasteiger partial charge on any atom is 0.261 e. The van der Waals surface area contributed by atoms with E-state index in [1.807, 2.05) is 13.8 Å². The number of ether oxygens (including phenoxy) is 1. The van der Waals surface area contributed by atoms with Gasteiger partial charge in [-0.1, -0.05) is 5.16 Å². The molecule has 0 radical (unpaired) electrons. The molecule has 0 aromatic carbocycles. The third-order valence-corrected chi connectivity index (χ3v) is 3.68. The number of aromatic nitrogens is 2. The quantitative estimate of drug-likeness (QED) is 0.701. The van der Waals surface area contributed by atoms with Crippen molar-refractivity contribution in [2.45, 2.75) is 26.4 Å². The van der Waals surface area contributed by atoms with E-state index < -0.39 is 5.91 Å². The van der Waals surface area contributed by atoms with E-state index in [-0.39, 0.29) is 16.7 Å². The molecule has 2 aromatic rings. The number of anilines is 2. The van der Waals surface area contributed by atoms with Gasteiger partial charge in [-0.15, -0.1) is 11.3 Å². The SMILES string of the molecule is CC(C)Oc1c(NCCc2ncon2)sc(C(N)=O)c1N. The smallest absolute Gasteiger partial charge is 0.261 e. The number of carbonyl (C=O) groups is 1. The highest BCUT2D eigenvalue weighted by Gasteiger charge is 2.21. The van der Waals surface area contributed by atoms with Crippen molar-refractivity contribution in [1.29, 1.82) is 0 Å². The lowest BCUT2D eigenvalue weighted by Crippen LogP contribution is -2.12. The number of amides is 1. The molecule has 0 aliphatic heterocycles. The minimum absolute atomic E-state index is 0.0691. The molecule has 5 N–H and O–H groups in total. The zero-order valence-electron chi connectivity index (χ0n) is 11.8. The number of nitrogens with one attached hydrogen (secondary N) is 1. The van der Waals surface area contributed by atoms with Crippen molar-refractivity contribution in [2.75, 3.05) is 17.6 Å². The molecule has 2 heterocycles. The molecule has 0 spiro atoms. The van der Waals surface area contributed by atoms with Gasteiger partial charge in [-0.25, -0.2) is 0 Å². The van der Waals surface area contributed by atoms with Gasteiger partial charge in [0, 0.05) is 13.0 Å². The lowest BCUT2D eigenvalue weighted by atomic mass is 10.3. The van der Waals surface area contributed by atoms with E-state index in [9.17, 15) is 4.79 Å². The van der Waals surface area contributed by atoms with Gasteiger partial charge in [0.05, 0.1) is 6.10 Å². The molecule has 21 heavy (non-hydrogen) atoms. The van der Waals surface area contributed by atoms with Crippen molar-refractivity contribution in [3.05, 3.63) is 17.1 Å². The molecule has 114 valence electrons. The van der Waals surface area contributed by atoms with Gasteiger partial charge in [0.25, 0.3) is 5.91 Å². The van der Waals surface area contributed by atoms with Crippen LogP contribution >= 0.6 is 11.3 Å². The fourth-order valence-corrected chi connectivity index (χ4v) is 2.60. The number of carbonyl (C=O) groups excluding carboxylic acids is 1. The van der Waals surface area contributed by atoms with Crippen molar-refractivity contribution < 1.29 is 14.1 Å². The fraction of sp³-hybridized carbons (Fsp3) is 0.417. The number of primary amides is 1. The molecule has 0 fully saturated rings. The van der Waals surface area contributed by atoms with Crippen molar-refractivity contribution in [1.82, 2.24) is 10.1 Å². The van der Waals surface area contributed by atoms with Crippen molar-refractivity contribution in [2.24, 2.45) is 5.73 Å². The highest BCUT2D eigenvalue weighted by molar-refractivity contribution is 7.19. The third kappa shape index (κ3) is 3.63. The number of nitrogen functional groups attached to an aromatic ring is 1. The first-order valence-electron chi connectivity index (χ1n) is 6.37. The molecule has 0 aliphatic rings.